The highest BCUT2D eigenvalue weighted by Gasteiger charge is 2.30. The number of hydrogen-bond donors (Lipinski definition) is 1. The Morgan fingerprint density at radius 2 is 2.00 bits per heavy atom. The van der Waals surface area contributed by atoms with E-state index in [1.807, 2.05) is 12.1 Å². The maximum atomic E-state index is 14.4. The van der Waals surface area contributed by atoms with Crippen molar-refractivity contribution in [3.05, 3.63) is 71.2 Å². The maximum absolute atomic E-state index is 14.4. The molecule has 172 valence electrons. The van der Waals surface area contributed by atoms with E-state index < -0.39 is 11.6 Å². The summed E-state index contributed by atoms with van der Waals surface area (Å²) in [6, 6.07) is 7.49. The molecule has 4 heterocycles. The normalized spacial score (nSPS) is 15.6. The molecule has 0 saturated heterocycles. The number of nitrogens with zero attached hydrogens (tertiary/aromatic N) is 5. The van der Waals surface area contributed by atoms with Gasteiger partial charge in [-0.2, -0.15) is 4.98 Å². The molecular formula is C24H20F2N6O2. The molecule has 1 aliphatic carbocycles. The molecule has 1 amide bonds. The summed E-state index contributed by atoms with van der Waals surface area (Å²) in [7, 11) is 0. The summed E-state index contributed by atoms with van der Waals surface area (Å²) >= 11 is 0. The number of nitrogens with two attached hydrogens (primary N) is 1. The maximum Gasteiger partial charge on any atom is 0.256 e. The lowest BCUT2D eigenvalue weighted by molar-refractivity contribution is 0.0723. The van der Waals surface area contributed by atoms with Gasteiger partial charge in [-0.05, 0) is 42.7 Å². The second kappa shape index (κ2) is 7.75. The molecule has 1 fully saturated rings. The minimum absolute atomic E-state index is 0.0234. The summed E-state index contributed by atoms with van der Waals surface area (Å²) in [6.45, 7) is 0.439. The third kappa shape index (κ3) is 3.70. The monoisotopic (exact) mass is 462 g/mol. The molecule has 10 heteroatoms. The van der Waals surface area contributed by atoms with Gasteiger partial charge in [0.15, 0.2) is 17.2 Å². The number of fused-ring (bicyclic) bond motifs is 2. The van der Waals surface area contributed by atoms with Crippen LogP contribution in [0.4, 0.5) is 14.7 Å². The molecule has 0 bridgehead atoms. The highest BCUT2D eigenvalue weighted by atomic mass is 19.1. The van der Waals surface area contributed by atoms with E-state index in [0.29, 0.717) is 35.4 Å². The summed E-state index contributed by atoms with van der Waals surface area (Å²) in [5, 5.41) is 4.06. The Kier molecular flexibility index (Phi) is 4.68. The Labute approximate surface area is 193 Å². The molecule has 6 rings (SSSR count). The SMILES string of the molecule is Nc1nc2cc(-c3cnc4c(c3)C(=O)N(Cc3cc(F)cc(F)c3OC3CC3)CC4)ccn2n1. The van der Waals surface area contributed by atoms with Crippen LogP contribution in [0.1, 0.15) is 34.5 Å². The molecule has 2 N–H and O–H groups in total. The molecule has 0 spiro atoms. The number of hydrogen-bond acceptors (Lipinski definition) is 6. The van der Waals surface area contributed by atoms with Crippen LogP contribution in [0.15, 0.2) is 42.7 Å². The van der Waals surface area contributed by atoms with Gasteiger partial charge in [0.25, 0.3) is 5.91 Å². The van der Waals surface area contributed by atoms with Crippen LogP contribution < -0.4 is 10.5 Å². The third-order valence-electron chi connectivity index (χ3n) is 6.05. The Hall–Kier alpha value is -4.08. The number of nitrogen functional groups attached to an aromatic ring is 1. The number of ether oxygens (including phenoxy) is 1. The molecule has 1 saturated carbocycles. The van der Waals surface area contributed by atoms with Crippen molar-refractivity contribution in [1.82, 2.24) is 24.5 Å². The fourth-order valence-corrected chi connectivity index (χ4v) is 4.20. The standard InChI is InChI=1S/C24H20F2N6O2/c25-16-7-15(22(19(26)10-16)34-17-1-2-17)12-31-5-4-20-18(23(31)33)8-14(11-28-20)13-3-6-32-21(9-13)29-24(27)30-32/h3,6-11,17H,1-2,4-5,12H2,(H2,27,30). The van der Waals surface area contributed by atoms with Crippen molar-refractivity contribution in [1.29, 1.82) is 0 Å². The lowest BCUT2D eigenvalue weighted by Gasteiger charge is -2.29. The van der Waals surface area contributed by atoms with Gasteiger partial charge in [-0.1, -0.05) is 0 Å². The van der Waals surface area contributed by atoms with Crippen LogP contribution >= 0.6 is 0 Å². The number of rotatable bonds is 5. The molecule has 0 radical (unpaired) electrons. The van der Waals surface area contributed by atoms with E-state index in [1.54, 1.807) is 27.9 Å². The van der Waals surface area contributed by atoms with E-state index in [2.05, 4.69) is 15.1 Å². The number of pyridine rings is 2. The quantitative estimate of drug-likeness (QED) is 0.488. The summed E-state index contributed by atoms with van der Waals surface area (Å²) < 4.78 is 35.7. The van der Waals surface area contributed by atoms with Gasteiger partial charge >= 0.3 is 0 Å². The van der Waals surface area contributed by atoms with Gasteiger partial charge in [-0.25, -0.2) is 13.3 Å². The fraction of sp³-hybridized carbons (Fsp3) is 0.250. The summed E-state index contributed by atoms with van der Waals surface area (Å²) in [6.07, 6.45) is 5.62. The van der Waals surface area contributed by atoms with Crippen LogP contribution in [0.3, 0.4) is 0 Å². The van der Waals surface area contributed by atoms with Gasteiger partial charge in [0.1, 0.15) is 5.82 Å². The number of aromatic nitrogens is 4. The van der Waals surface area contributed by atoms with E-state index in [0.717, 1.165) is 30.0 Å². The summed E-state index contributed by atoms with van der Waals surface area (Å²) in [5.41, 5.74) is 9.28. The lowest BCUT2D eigenvalue weighted by atomic mass is 9.99. The van der Waals surface area contributed by atoms with Crippen LogP contribution in [0.25, 0.3) is 16.8 Å². The zero-order valence-electron chi connectivity index (χ0n) is 18.0. The predicted octanol–water partition coefficient (Wildman–Crippen LogP) is 3.39. The van der Waals surface area contributed by atoms with E-state index in [9.17, 15) is 13.6 Å². The zero-order valence-corrected chi connectivity index (χ0v) is 18.0. The Morgan fingerprint density at radius 3 is 2.82 bits per heavy atom. The first kappa shape index (κ1) is 20.5. The van der Waals surface area contributed by atoms with E-state index in [4.69, 9.17) is 10.5 Å². The zero-order chi connectivity index (χ0) is 23.4. The van der Waals surface area contributed by atoms with Crippen LogP contribution in [0, 0.1) is 11.6 Å². The third-order valence-corrected chi connectivity index (χ3v) is 6.05. The van der Waals surface area contributed by atoms with Crippen LogP contribution in [-0.2, 0) is 13.0 Å². The van der Waals surface area contributed by atoms with Gasteiger partial charge in [-0.15, -0.1) is 5.10 Å². The molecule has 1 aromatic carbocycles. The minimum atomic E-state index is -0.750. The van der Waals surface area contributed by atoms with Gasteiger partial charge in [0.2, 0.25) is 5.95 Å². The Balaban J connectivity index is 1.31. The van der Waals surface area contributed by atoms with Crippen molar-refractivity contribution in [3.63, 3.8) is 0 Å². The van der Waals surface area contributed by atoms with Crippen LogP contribution in [0.5, 0.6) is 5.75 Å². The second-order valence-corrected chi connectivity index (χ2v) is 8.58. The van der Waals surface area contributed by atoms with Crippen LogP contribution in [0.2, 0.25) is 0 Å². The van der Waals surface area contributed by atoms with Crippen molar-refractivity contribution in [2.45, 2.75) is 31.9 Å². The Bertz CT molecular complexity index is 1450. The van der Waals surface area contributed by atoms with Gasteiger partial charge < -0.3 is 15.4 Å². The van der Waals surface area contributed by atoms with Crippen LogP contribution in [-0.4, -0.2) is 43.0 Å². The fourth-order valence-electron chi connectivity index (χ4n) is 4.20. The molecular weight excluding hydrogens is 442 g/mol. The topological polar surface area (TPSA) is 98.6 Å². The van der Waals surface area contributed by atoms with Crippen molar-refractivity contribution < 1.29 is 18.3 Å². The van der Waals surface area contributed by atoms with E-state index >= 15 is 0 Å². The first-order valence-corrected chi connectivity index (χ1v) is 11.0. The largest absolute Gasteiger partial charge is 0.487 e. The van der Waals surface area contributed by atoms with E-state index in [-0.39, 0.29) is 30.3 Å². The second-order valence-electron chi connectivity index (χ2n) is 8.58. The molecule has 3 aromatic heterocycles. The minimum Gasteiger partial charge on any atom is -0.487 e. The highest BCUT2D eigenvalue weighted by molar-refractivity contribution is 5.97. The summed E-state index contributed by atoms with van der Waals surface area (Å²) in [4.78, 5) is 23.6. The number of anilines is 1. The van der Waals surface area contributed by atoms with E-state index in [1.165, 1.54) is 6.07 Å². The molecule has 0 unspecified atom stereocenters. The lowest BCUT2D eigenvalue weighted by Crippen LogP contribution is -2.37. The van der Waals surface area contributed by atoms with Gasteiger partial charge in [-0.3, -0.25) is 9.78 Å². The molecule has 2 aliphatic rings. The molecule has 4 aromatic rings. The molecule has 34 heavy (non-hydrogen) atoms. The number of carbonyl (C=O) groups is 1. The van der Waals surface area contributed by atoms with Gasteiger partial charge in [0.05, 0.1) is 17.4 Å². The highest BCUT2D eigenvalue weighted by Crippen LogP contribution is 2.34. The summed E-state index contributed by atoms with van der Waals surface area (Å²) in [5.74, 6) is -1.50. The van der Waals surface area contributed by atoms with Gasteiger partial charge in [0, 0.05) is 49.1 Å². The molecule has 8 nitrogen and oxygen atoms in total. The first-order chi connectivity index (χ1) is 16.4. The van der Waals surface area contributed by atoms with Crippen molar-refractivity contribution in [2.75, 3.05) is 12.3 Å². The molecule has 0 atom stereocenters. The van der Waals surface area contributed by atoms with Crippen molar-refractivity contribution >= 4 is 17.5 Å². The number of benzene rings is 1. The smallest absolute Gasteiger partial charge is 0.256 e. The van der Waals surface area contributed by atoms with Crippen molar-refractivity contribution in [2.24, 2.45) is 0 Å². The molecule has 1 aliphatic heterocycles. The average Bonchev–Trinajstić information content (AvgIpc) is 3.55. The predicted molar refractivity (Wildman–Crippen MR) is 119 cm³/mol. The average molecular weight is 462 g/mol. The first-order valence-electron chi connectivity index (χ1n) is 11.0. The number of amides is 1. The Morgan fingerprint density at radius 1 is 1.15 bits per heavy atom. The van der Waals surface area contributed by atoms with Crippen molar-refractivity contribution in [3.8, 4) is 16.9 Å². The number of halogens is 2. The number of carbonyl (C=O) groups excluding carboxylic acids is 1.